The number of piperidine rings is 1. The third kappa shape index (κ3) is 2.36. The number of hydrogen-bond acceptors (Lipinski definition) is 3. The largest absolute Gasteiger partial charge is 0.480 e. The molecular formula is C9H18N2O4S. The molecule has 7 heteroatoms. The monoisotopic (exact) mass is 250 g/mol. The van der Waals surface area contributed by atoms with Crippen LogP contribution in [0.1, 0.15) is 26.7 Å². The number of carboxylic acid groups (broad SMARTS) is 1. The van der Waals surface area contributed by atoms with E-state index < -0.39 is 27.6 Å². The lowest BCUT2D eigenvalue weighted by Crippen LogP contribution is -2.58. The SMILES string of the molecule is CNS(=O)(=O)N1CCCC(C)(C)C1C(=O)O. The highest BCUT2D eigenvalue weighted by Crippen LogP contribution is 2.36. The number of nitrogens with one attached hydrogen (secondary N) is 1. The predicted octanol–water partition coefficient (Wildman–Crippen LogP) is 0.0258. The van der Waals surface area contributed by atoms with Crippen LogP contribution in [0.2, 0.25) is 0 Å². The van der Waals surface area contributed by atoms with Crippen LogP contribution in [0, 0.1) is 5.41 Å². The van der Waals surface area contributed by atoms with E-state index in [1.165, 1.54) is 7.05 Å². The van der Waals surface area contributed by atoms with Crippen molar-refractivity contribution in [2.24, 2.45) is 5.41 Å². The van der Waals surface area contributed by atoms with E-state index in [0.29, 0.717) is 12.8 Å². The van der Waals surface area contributed by atoms with Crippen LogP contribution in [-0.4, -0.2) is 43.4 Å². The lowest BCUT2D eigenvalue weighted by atomic mass is 9.77. The van der Waals surface area contributed by atoms with Crippen LogP contribution >= 0.6 is 0 Å². The van der Waals surface area contributed by atoms with Gasteiger partial charge in [0.25, 0.3) is 10.2 Å². The van der Waals surface area contributed by atoms with Crippen LogP contribution in [0.3, 0.4) is 0 Å². The molecule has 1 aliphatic rings. The summed E-state index contributed by atoms with van der Waals surface area (Å²) in [5, 5.41) is 9.17. The molecule has 1 fully saturated rings. The quantitative estimate of drug-likeness (QED) is 0.739. The summed E-state index contributed by atoms with van der Waals surface area (Å²) >= 11 is 0. The maximum absolute atomic E-state index is 11.7. The second-order valence-corrected chi connectivity index (χ2v) is 6.48. The first-order valence-corrected chi connectivity index (χ1v) is 6.59. The summed E-state index contributed by atoms with van der Waals surface area (Å²) in [5.74, 6) is -1.09. The van der Waals surface area contributed by atoms with E-state index in [2.05, 4.69) is 4.72 Å². The molecule has 0 spiro atoms. The average Bonchev–Trinajstić information content (AvgIpc) is 2.15. The van der Waals surface area contributed by atoms with E-state index in [0.717, 1.165) is 4.31 Å². The average molecular weight is 250 g/mol. The Hall–Kier alpha value is -0.660. The van der Waals surface area contributed by atoms with Gasteiger partial charge < -0.3 is 5.11 Å². The standard InChI is InChI=1S/C9H18N2O4S/c1-9(2)5-4-6-11(7(9)8(12)13)16(14,15)10-3/h7,10H,4-6H2,1-3H3,(H,12,13). The van der Waals surface area contributed by atoms with E-state index in [-0.39, 0.29) is 6.54 Å². The Morgan fingerprint density at radius 1 is 1.50 bits per heavy atom. The Morgan fingerprint density at radius 3 is 2.50 bits per heavy atom. The molecule has 0 bridgehead atoms. The summed E-state index contributed by atoms with van der Waals surface area (Å²) < 4.78 is 26.6. The molecule has 0 aromatic heterocycles. The van der Waals surface area contributed by atoms with Gasteiger partial charge in [0.1, 0.15) is 6.04 Å². The van der Waals surface area contributed by atoms with E-state index in [1.54, 1.807) is 13.8 Å². The van der Waals surface area contributed by atoms with Gasteiger partial charge in [-0.15, -0.1) is 0 Å². The van der Waals surface area contributed by atoms with Crippen molar-refractivity contribution in [1.29, 1.82) is 0 Å². The second kappa shape index (κ2) is 4.31. The van der Waals surface area contributed by atoms with Gasteiger partial charge in [0.15, 0.2) is 0 Å². The van der Waals surface area contributed by atoms with Crippen LogP contribution in [0.5, 0.6) is 0 Å². The van der Waals surface area contributed by atoms with Crippen molar-refractivity contribution in [1.82, 2.24) is 9.03 Å². The fourth-order valence-electron chi connectivity index (χ4n) is 2.18. The van der Waals surface area contributed by atoms with Gasteiger partial charge in [0.2, 0.25) is 0 Å². The summed E-state index contributed by atoms with van der Waals surface area (Å²) in [6.45, 7) is 3.82. The number of hydrogen-bond donors (Lipinski definition) is 2. The van der Waals surface area contributed by atoms with E-state index >= 15 is 0 Å². The number of carboxylic acids is 1. The summed E-state index contributed by atoms with van der Waals surface area (Å²) in [5.41, 5.74) is -0.548. The second-order valence-electron chi connectivity index (χ2n) is 4.65. The molecular weight excluding hydrogens is 232 g/mol. The van der Waals surface area contributed by atoms with Crippen LogP contribution in [-0.2, 0) is 15.0 Å². The van der Waals surface area contributed by atoms with Gasteiger partial charge in [0, 0.05) is 13.6 Å². The number of nitrogens with zero attached hydrogens (tertiary/aromatic N) is 1. The van der Waals surface area contributed by atoms with Crippen molar-refractivity contribution in [3.63, 3.8) is 0 Å². The topological polar surface area (TPSA) is 86.7 Å². The zero-order valence-corrected chi connectivity index (χ0v) is 10.5. The molecule has 1 aliphatic heterocycles. The summed E-state index contributed by atoms with van der Waals surface area (Å²) in [6, 6.07) is -1.00. The van der Waals surface area contributed by atoms with E-state index in [4.69, 9.17) is 5.11 Å². The minimum atomic E-state index is -3.68. The highest BCUT2D eigenvalue weighted by Gasteiger charge is 2.46. The molecule has 6 nitrogen and oxygen atoms in total. The summed E-state index contributed by atoms with van der Waals surface area (Å²) in [7, 11) is -2.40. The molecule has 16 heavy (non-hydrogen) atoms. The molecule has 0 saturated carbocycles. The van der Waals surface area contributed by atoms with Gasteiger partial charge in [-0.2, -0.15) is 12.7 Å². The Labute approximate surface area is 95.8 Å². The molecule has 0 aliphatic carbocycles. The van der Waals surface area contributed by atoms with Gasteiger partial charge in [0.05, 0.1) is 0 Å². The Kier molecular flexibility index (Phi) is 3.61. The van der Waals surface area contributed by atoms with Crippen molar-refractivity contribution >= 4 is 16.2 Å². The van der Waals surface area contributed by atoms with Crippen LogP contribution < -0.4 is 4.72 Å². The zero-order valence-electron chi connectivity index (χ0n) is 9.73. The zero-order chi connectivity index (χ0) is 12.6. The van der Waals surface area contributed by atoms with Crippen molar-refractivity contribution in [2.45, 2.75) is 32.7 Å². The van der Waals surface area contributed by atoms with Gasteiger partial charge in [-0.1, -0.05) is 13.8 Å². The molecule has 1 unspecified atom stereocenters. The molecule has 1 atom stereocenters. The van der Waals surface area contributed by atoms with Gasteiger partial charge in [-0.3, -0.25) is 4.79 Å². The number of carbonyl (C=O) groups is 1. The minimum absolute atomic E-state index is 0.254. The molecule has 1 rings (SSSR count). The normalized spacial score (nSPS) is 26.6. The summed E-state index contributed by atoms with van der Waals surface area (Å²) in [4.78, 5) is 11.2. The van der Waals surface area contributed by atoms with Crippen LogP contribution in [0.25, 0.3) is 0 Å². The Morgan fingerprint density at radius 2 is 2.06 bits per heavy atom. The lowest BCUT2D eigenvalue weighted by molar-refractivity contribution is -0.147. The third-order valence-electron chi connectivity index (χ3n) is 3.03. The van der Waals surface area contributed by atoms with Crippen molar-refractivity contribution < 1.29 is 18.3 Å². The van der Waals surface area contributed by atoms with Gasteiger partial charge in [-0.25, -0.2) is 4.72 Å². The van der Waals surface area contributed by atoms with Crippen molar-refractivity contribution in [2.75, 3.05) is 13.6 Å². The predicted molar refractivity (Wildman–Crippen MR) is 59.1 cm³/mol. The number of rotatable bonds is 3. The molecule has 2 N–H and O–H groups in total. The van der Waals surface area contributed by atoms with Gasteiger partial charge in [-0.05, 0) is 18.3 Å². The Bertz CT molecular complexity index is 377. The molecule has 0 aromatic rings. The maximum atomic E-state index is 11.7. The molecule has 0 radical (unpaired) electrons. The first-order chi connectivity index (χ1) is 7.22. The Balaban J connectivity index is 3.13. The first kappa shape index (κ1) is 13.4. The fourth-order valence-corrected chi connectivity index (χ4v) is 3.44. The van der Waals surface area contributed by atoms with E-state index in [9.17, 15) is 13.2 Å². The number of aliphatic carboxylic acids is 1. The molecule has 0 aromatic carbocycles. The molecule has 0 amide bonds. The highest BCUT2D eigenvalue weighted by atomic mass is 32.2. The molecule has 1 heterocycles. The molecule has 1 saturated heterocycles. The lowest BCUT2D eigenvalue weighted by Gasteiger charge is -2.42. The maximum Gasteiger partial charge on any atom is 0.322 e. The van der Waals surface area contributed by atoms with Crippen LogP contribution in [0.4, 0.5) is 0 Å². The summed E-state index contributed by atoms with van der Waals surface area (Å²) in [6.07, 6.45) is 1.39. The van der Waals surface area contributed by atoms with Crippen LogP contribution in [0.15, 0.2) is 0 Å². The smallest absolute Gasteiger partial charge is 0.322 e. The minimum Gasteiger partial charge on any atom is -0.480 e. The third-order valence-corrected chi connectivity index (χ3v) is 4.56. The highest BCUT2D eigenvalue weighted by molar-refractivity contribution is 7.87. The molecule has 94 valence electrons. The van der Waals surface area contributed by atoms with Crippen molar-refractivity contribution in [3.05, 3.63) is 0 Å². The van der Waals surface area contributed by atoms with E-state index in [1.807, 2.05) is 0 Å². The fraction of sp³-hybridized carbons (Fsp3) is 0.889. The van der Waals surface area contributed by atoms with Gasteiger partial charge >= 0.3 is 5.97 Å². The van der Waals surface area contributed by atoms with Crippen molar-refractivity contribution in [3.8, 4) is 0 Å². The first-order valence-electron chi connectivity index (χ1n) is 5.15.